The summed E-state index contributed by atoms with van der Waals surface area (Å²) in [5, 5.41) is 5.72. The van der Waals surface area contributed by atoms with Gasteiger partial charge in [0, 0.05) is 6.54 Å². The summed E-state index contributed by atoms with van der Waals surface area (Å²) in [4.78, 5) is 25.2. The van der Waals surface area contributed by atoms with Gasteiger partial charge in [-0.15, -0.1) is 0 Å². The van der Waals surface area contributed by atoms with Crippen molar-refractivity contribution in [1.82, 2.24) is 5.32 Å². The van der Waals surface area contributed by atoms with E-state index in [4.69, 9.17) is 4.74 Å². The fourth-order valence-electron chi connectivity index (χ4n) is 2.85. The van der Waals surface area contributed by atoms with Crippen molar-refractivity contribution >= 4 is 17.5 Å². The van der Waals surface area contributed by atoms with Crippen LogP contribution in [-0.2, 0) is 16.1 Å². The fraction of sp³-hybridized carbons (Fsp3) is 0.300. The molecule has 25 heavy (non-hydrogen) atoms. The number of carbonyl (C=O) groups is 2. The van der Waals surface area contributed by atoms with E-state index in [2.05, 4.69) is 10.6 Å². The van der Waals surface area contributed by atoms with Gasteiger partial charge in [0.05, 0.1) is 12.8 Å². The molecule has 0 bridgehead atoms. The van der Waals surface area contributed by atoms with E-state index in [-0.39, 0.29) is 11.8 Å². The Hall–Kier alpha value is -2.82. The van der Waals surface area contributed by atoms with Crippen LogP contribution in [0.2, 0.25) is 0 Å². The van der Waals surface area contributed by atoms with Crippen LogP contribution in [0.15, 0.2) is 48.5 Å². The monoisotopic (exact) mass is 338 g/mol. The predicted molar refractivity (Wildman–Crippen MR) is 96.3 cm³/mol. The first-order valence-electron chi connectivity index (χ1n) is 8.33. The number of ether oxygens (including phenoxy) is 1. The summed E-state index contributed by atoms with van der Waals surface area (Å²) < 4.78 is 5.24. The summed E-state index contributed by atoms with van der Waals surface area (Å²) in [6, 6.07) is 15.1. The highest BCUT2D eigenvalue weighted by Crippen LogP contribution is 2.47. The van der Waals surface area contributed by atoms with Crippen molar-refractivity contribution in [3.63, 3.8) is 0 Å². The Morgan fingerprint density at radius 1 is 1.08 bits per heavy atom. The van der Waals surface area contributed by atoms with E-state index in [1.54, 1.807) is 19.2 Å². The molecule has 5 heteroatoms. The number of amides is 2. The molecule has 5 nitrogen and oxygen atoms in total. The second kappa shape index (κ2) is 6.97. The van der Waals surface area contributed by atoms with E-state index in [1.165, 1.54) is 0 Å². The Balaban J connectivity index is 1.64. The van der Waals surface area contributed by atoms with E-state index in [1.807, 2.05) is 43.3 Å². The van der Waals surface area contributed by atoms with Crippen molar-refractivity contribution in [1.29, 1.82) is 0 Å². The SMILES string of the molecule is COc1ccccc1NC(=O)C1(C(=O)NCc2cccc(C)c2)CC1. The summed E-state index contributed by atoms with van der Waals surface area (Å²) in [7, 11) is 1.55. The van der Waals surface area contributed by atoms with Gasteiger partial charge in [-0.3, -0.25) is 9.59 Å². The topological polar surface area (TPSA) is 67.4 Å². The molecule has 1 aliphatic carbocycles. The van der Waals surface area contributed by atoms with E-state index in [0.29, 0.717) is 30.8 Å². The Labute approximate surface area is 147 Å². The summed E-state index contributed by atoms with van der Waals surface area (Å²) in [6.07, 6.45) is 1.13. The van der Waals surface area contributed by atoms with Crippen LogP contribution in [0.1, 0.15) is 24.0 Å². The van der Waals surface area contributed by atoms with Gasteiger partial charge in [-0.2, -0.15) is 0 Å². The Morgan fingerprint density at radius 3 is 2.52 bits per heavy atom. The van der Waals surface area contributed by atoms with E-state index >= 15 is 0 Å². The van der Waals surface area contributed by atoms with Crippen molar-refractivity contribution in [2.45, 2.75) is 26.3 Å². The zero-order valence-electron chi connectivity index (χ0n) is 14.5. The molecule has 0 atom stereocenters. The van der Waals surface area contributed by atoms with Crippen molar-refractivity contribution in [2.75, 3.05) is 12.4 Å². The van der Waals surface area contributed by atoms with Crippen molar-refractivity contribution in [2.24, 2.45) is 5.41 Å². The summed E-state index contributed by atoms with van der Waals surface area (Å²) >= 11 is 0. The van der Waals surface area contributed by atoms with Crippen molar-refractivity contribution in [3.8, 4) is 5.75 Å². The average Bonchev–Trinajstić information content (AvgIpc) is 3.42. The second-order valence-corrected chi connectivity index (χ2v) is 6.41. The second-order valence-electron chi connectivity index (χ2n) is 6.41. The van der Waals surface area contributed by atoms with Gasteiger partial charge in [-0.25, -0.2) is 0 Å². The molecule has 1 aliphatic rings. The van der Waals surface area contributed by atoms with Crippen LogP contribution in [0.5, 0.6) is 5.75 Å². The van der Waals surface area contributed by atoms with Gasteiger partial charge in [0.1, 0.15) is 11.2 Å². The largest absolute Gasteiger partial charge is 0.495 e. The maximum atomic E-state index is 12.6. The minimum atomic E-state index is -0.968. The fourth-order valence-corrected chi connectivity index (χ4v) is 2.85. The van der Waals surface area contributed by atoms with Gasteiger partial charge in [0.2, 0.25) is 11.8 Å². The molecule has 0 heterocycles. The van der Waals surface area contributed by atoms with E-state index < -0.39 is 5.41 Å². The lowest BCUT2D eigenvalue weighted by atomic mass is 10.0. The van der Waals surface area contributed by atoms with Crippen molar-refractivity contribution < 1.29 is 14.3 Å². The summed E-state index contributed by atoms with van der Waals surface area (Å²) in [5.41, 5.74) is 1.77. The quantitative estimate of drug-likeness (QED) is 0.796. The Bertz CT molecular complexity index is 797. The number of para-hydroxylation sites is 2. The molecule has 130 valence electrons. The number of carbonyl (C=O) groups excluding carboxylic acids is 2. The standard InChI is InChI=1S/C20H22N2O3/c1-14-6-5-7-15(12-14)13-21-18(23)20(10-11-20)19(24)22-16-8-3-4-9-17(16)25-2/h3-9,12H,10-11,13H2,1-2H3,(H,21,23)(H,22,24). The van der Waals surface area contributed by atoms with Crippen molar-refractivity contribution in [3.05, 3.63) is 59.7 Å². The molecule has 1 saturated carbocycles. The van der Waals surface area contributed by atoms with E-state index in [0.717, 1.165) is 11.1 Å². The van der Waals surface area contributed by atoms with Gasteiger partial charge in [0.25, 0.3) is 0 Å². The number of benzene rings is 2. The highest BCUT2D eigenvalue weighted by atomic mass is 16.5. The molecular formula is C20H22N2O3. The normalized spacial score (nSPS) is 14.5. The zero-order valence-corrected chi connectivity index (χ0v) is 14.5. The lowest BCUT2D eigenvalue weighted by Crippen LogP contribution is -2.39. The Morgan fingerprint density at radius 2 is 1.84 bits per heavy atom. The Kier molecular flexibility index (Phi) is 4.74. The lowest BCUT2D eigenvalue weighted by molar-refractivity contribution is -0.134. The molecule has 0 unspecified atom stereocenters. The number of methoxy groups -OCH3 is 1. The highest BCUT2D eigenvalue weighted by molar-refractivity contribution is 6.13. The smallest absolute Gasteiger partial charge is 0.240 e. The number of hydrogen-bond donors (Lipinski definition) is 2. The molecule has 2 aromatic carbocycles. The third-order valence-electron chi connectivity index (χ3n) is 4.51. The van der Waals surface area contributed by atoms with E-state index in [9.17, 15) is 9.59 Å². The maximum Gasteiger partial charge on any atom is 0.240 e. The molecule has 0 saturated heterocycles. The van der Waals surface area contributed by atoms with Gasteiger partial charge in [-0.1, -0.05) is 42.0 Å². The van der Waals surface area contributed by atoms with Crippen LogP contribution in [0.25, 0.3) is 0 Å². The third kappa shape index (κ3) is 3.65. The molecule has 1 fully saturated rings. The van der Waals surface area contributed by atoms with Crippen LogP contribution in [-0.4, -0.2) is 18.9 Å². The summed E-state index contributed by atoms with van der Waals surface area (Å²) in [5.74, 6) is 0.0759. The summed E-state index contributed by atoms with van der Waals surface area (Å²) in [6.45, 7) is 2.43. The average molecular weight is 338 g/mol. The number of aryl methyl sites for hydroxylation is 1. The molecule has 0 aliphatic heterocycles. The van der Waals surface area contributed by atoms with Gasteiger partial charge >= 0.3 is 0 Å². The number of rotatable bonds is 6. The molecule has 2 amide bonds. The van der Waals surface area contributed by atoms with Gasteiger partial charge in [0.15, 0.2) is 0 Å². The van der Waals surface area contributed by atoms with Crippen LogP contribution >= 0.6 is 0 Å². The number of hydrogen-bond acceptors (Lipinski definition) is 3. The first-order valence-corrected chi connectivity index (χ1v) is 8.33. The van der Waals surface area contributed by atoms with Gasteiger partial charge < -0.3 is 15.4 Å². The first kappa shape index (κ1) is 17.0. The minimum Gasteiger partial charge on any atom is -0.495 e. The maximum absolute atomic E-state index is 12.6. The lowest BCUT2D eigenvalue weighted by Gasteiger charge is -2.17. The molecule has 2 aromatic rings. The number of anilines is 1. The minimum absolute atomic E-state index is 0.221. The van der Waals surface area contributed by atoms with Crippen LogP contribution in [0, 0.1) is 12.3 Å². The molecule has 2 N–H and O–H groups in total. The molecule has 0 aromatic heterocycles. The van der Waals surface area contributed by atoms with Gasteiger partial charge in [-0.05, 0) is 37.5 Å². The predicted octanol–water partition coefficient (Wildman–Crippen LogP) is 3.04. The van der Waals surface area contributed by atoms with Crippen LogP contribution < -0.4 is 15.4 Å². The molecule has 3 rings (SSSR count). The third-order valence-corrected chi connectivity index (χ3v) is 4.51. The van der Waals surface area contributed by atoms with Crippen LogP contribution in [0.4, 0.5) is 5.69 Å². The molecule has 0 spiro atoms. The highest BCUT2D eigenvalue weighted by Gasteiger charge is 2.56. The van der Waals surface area contributed by atoms with Crippen LogP contribution in [0.3, 0.4) is 0 Å². The zero-order chi connectivity index (χ0) is 17.9. The molecule has 0 radical (unpaired) electrons. The molecular weight excluding hydrogens is 316 g/mol. The first-order chi connectivity index (χ1) is 12.0. The number of nitrogens with one attached hydrogen (secondary N) is 2.